The number of unbranched alkanes of at least 4 members (excludes halogenated alkanes) is 1. The summed E-state index contributed by atoms with van der Waals surface area (Å²) in [5.74, 6) is -0.614. The van der Waals surface area contributed by atoms with Crippen molar-refractivity contribution < 1.29 is 19.1 Å². The first-order valence-electron chi connectivity index (χ1n) is 4.44. The van der Waals surface area contributed by atoms with Gasteiger partial charge in [-0.05, 0) is 19.3 Å². The van der Waals surface area contributed by atoms with Crippen molar-refractivity contribution in [2.24, 2.45) is 0 Å². The smallest absolute Gasteiger partial charge is 0.333 e. The Kier molecular flexibility index (Phi) is 6.45. The summed E-state index contributed by atoms with van der Waals surface area (Å²) in [6.45, 7) is 3.57. The second-order valence-corrected chi connectivity index (χ2v) is 2.88. The molecule has 0 aromatic carbocycles. The molecule has 0 aromatic heterocycles. The van der Waals surface area contributed by atoms with Crippen molar-refractivity contribution in [2.75, 3.05) is 14.2 Å². The van der Waals surface area contributed by atoms with Crippen LogP contribution in [-0.2, 0) is 19.1 Å². The molecule has 14 heavy (non-hydrogen) atoms. The molecule has 0 aromatic rings. The number of rotatable bonds is 6. The molecule has 0 saturated heterocycles. The average Bonchev–Trinajstić information content (AvgIpc) is 2.22. The van der Waals surface area contributed by atoms with Gasteiger partial charge in [-0.2, -0.15) is 0 Å². The summed E-state index contributed by atoms with van der Waals surface area (Å²) in [7, 11) is 2.68. The lowest BCUT2D eigenvalue weighted by molar-refractivity contribution is -0.140. The second-order valence-electron chi connectivity index (χ2n) is 2.88. The minimum Gasteiger partial charge on any atom is -0.469 e. The first kappa shape index (κ1) is 12.7. The van der Waals surface area contributed by atoms with E-state index < -0.39 is 0 Å². The van der Waals surface area contributed by atoms with Crippen molar-refractivity contribution in [1.29, 1.82) is 0 Å². The van der Waals surface area contributed by atoms with Gasteiger partial charge in [0.2, 0.25) is 0 Å². The van der Waals surface area contributed by atoms with Gasteiger partial charge in [0.05, 0.1) is 14.2 Å². The maximum absolute atomic E-state index is 10.9. The third-order valence-corrected chi connectivity index (χ3v) is 1.81. The first-order valence-corrected chi connectivity index (χ1v) is 4.44. The third kappa shape index (κ3) is 5.35. The van der Waals surface area contributed by atoms with E-state index in [-0.39, 0.29) is 11.9 Å². The van der Waals surface area contributed by atoms with Gasteiger partial charge >= 0.3 is 11.9 Å². The van der Waals surface area contributed by atoms with Gasteiger partial charge in [-0.3, -0.25) is 4.79 Å². The van der Waals surface area contributed by atoms with Crippen molar-refractivity contribution >= 4 is 11.9 Å². The second kappa shape index (κ2) is 7.12. The molecule has 0 aliphatic carbocycles. The van der Waals surface area contributed by atoms with E-state index >= 15 is 0 Å². The largest absolute Gasteiger partial charge is 0.469 e. The summed E-state index contributed by atoms with van der Waals surface area (Å²) < 4.78 is 8.95. The first-order chi connectivity index (χ1) is 6.61. The van der Waals surface area contributed by atoms with Crippen molar-refractivity contribution in [3.63, 3.8) is 0 Å². The lowest BCUT2D eigenvalue weighted by Crippen LogP contribution is -2.04. The fourth-order valence-electron chi connectivity index (χ4n) is 0.956. The SMILES string of the molecule is C=C(CCCCC(=O)OC)C(=O)OC. The van der Waals surface area contributed by atoms with Crippen LogP contribution in [-0.4, -0.2) is 26.2 Å². The third-order valence-electron chi connectivity index (χ3n) is 1.81. The van der Waals surface area contributed by atoms with Crippen LogP contribution in [0.4, 0.5) is 0 Å². The Labute approximate surface area is 83.9 Å². The Morgan fingerprint density at radius 3 is 2.14 bits per heavy atom. The average molecular weight is 200 g/mol. The fourth-order valence-corrected chi connectivity index (χ4v) is 0.956. The molecular formula is C10H16O4. The van der Waals surface area contributed by atoms with Crippen molar-refractivity contribution in [3.05, 3.63) is 12.2 Å². The van der Waals surface area contributed by atoms with Crippen molar-refractivity contribution in [3.8, 4) is 0 Å². The topological polar surface area (TPSA) is 52.6 Å². The highest BCUT2D eigenvalue weighted by atomic mass is 16.5. The van der Waals surface area contributed by atoms with E-state index in [1.54, 1.807) is 0 Å². The quantitative estimate of drug-likeness (QED) is 0.370. The van der Waals surface area contributed by atoms with Crippen LogP contribution in [0.25, 0.3) is 0 Å². The molecule has 0 saturated carbocycles. The van der Waals surface area contributed by atoms with E-state index in [0.29, 0.717) is 24.8 Å². The molecule has 0 bridgehead atoms. The molecule has 4 heteroatoms. The van der Waals surface area contributed by atoms with Crippen LogP contribution in [0.15, 0.2) is 12.2 Å². The van der Waals surface area contributed by atoms with E-state index in [0.717, 1.165) is 6.42 Å². The predicted octanol–water partition coefficient (Wildman–Crippen LogP) is 1.45. The van der Waals surface area contributed by atoms with Gasteiger partial charge in [0.1, 0.15) is 0 Å². The molecule has 0 N–H and O–H groups in total. The monoisotopic (exact) mass is 200 g/mol. The van der Waals surface area contributed by atoms with E-state index in [9.17, 15) is 9.59 Å². The Balaban J connectivity index is 3.50. The van der Waals surface area contributed by atoms with Crippen molar-refractivity contribution in [1.82, 2.24) is 0 Å². The zero-order chi connectivity index (χ0) is 11.0. The van der Waals surface area contributed by atoms with Crippen LogP contribution in [0.2, 0.25) is 0 Å². The molecule has 0 radical (unpaired) electrons. The lowest BCUT2D eigenvalue weighted by Gasteiger charge is -2.02. The highest BCUT2D eigenvalue weighted by molar-refractivity contribution is 5.87. The molecule has 0 amide bonds. The number of esters is 2. The number of hydrogen-bond acceptors (Lipinski definition) is 4. The highest BCUT2D eigenvalue weighted by Gasteiger charge is 2.06. The van der Waals surface area contributed by atoms with Crippen LogP contribution in [0.1, 0.15) is 25.7 Å². The van der Waals surface area contributed by atoms with E-state index in [1.165, 1.54) is 14.2 Å². The van der Waals surface area contributed by atoms with Gasteiger partial charge in [-0.15, -0.1) is 0 Å². The van der Waals surface area contributed by atoms with E-state index in [2.05, 4.69) is 16.1 Å². The molecule has 0 fully saturated rings. The van der Waals surface area contributed by atoms with Gasteiger partial charge in [-0.1, -0.05) is 6.58 Å². The van der Waals surface area contributed by atoms with Gasteiger partial charge in [0.15, 0.2) is 0 Å². The van der Waals surface area contributed by atoms with Gasteiger partial charge in [0.25, 0.3) is 0 Å². The molecule has 0 aliphatic heterocycles. The normalized spacial score (nSPS) is 9.29. The number of carbonyl (C=O) groups excluding carboxylic acids is 2. The standard InChI is InChI=1S/C10H16O4/c1-8(10(12)14-3)6-4-5-7-9(11)13-2/h1,4-7H2,2-3H3. The number of methoxy groups -OCH3 is 2. The summed E-state index contributed by atoms with van der Waals surface area (Å²) in [5.41, 5.74) is 0.442. The molecule has 0 heterocycles. The van der Waals surface area contributed by atoms with Crippen LogP contribution in [0, 0.1) is 0 Å². The summed E-state index contributed by atoms with van der Waals surface area (Å²) in [5, 5.41) is 0. The van der Waals surface area contributed by atoms with Gasteiger partial charge < -0.3 is 9.47 Å². The Bertz CT molecular complexity index is 220. The molecule has 0 aliphatic rings. The molecule has 4 nitrogen and oxygen atoms in total. The van der Waals surface area contributed by atoms with Gasteiger partial charge in [-0.25, -0.2) is 4.79 Å². The van der Waals surface area contributed by atoms with E-state index in [4.69, 9.17) is 0 Å². The summed E-state index contributed by atoms with van der Waals surface area (Å²) in [4.78, 5) is 21.6. The summed E-state index contributed by atoms with van der Waals surface area (Å²) in [6, 6.07) is 0. The zero-order valence-electron chi connectivity index (χ0n) is 8.67. The number of carbonyl (C=O) groups is 2. The minimum absolute atomic E-state index is 0.228. The zero-order valence-corrected chi connectivity index (χ0v) is 8.67. The summed E-state index contributed by atoms with van der Waals surface area (Å²) in [6.07, 6.45) is 2.38. The Morgan fingerprint density at radius 1 is 1.07 bits per heavy atom. The molecule has 0 unspecified atom stereocenters. The summed E-state index contributed by atoms with van der Waals surface area (Å²) >= 11 is 0. The number of ether oxygens (including phenoxy) is 2. The van der Waals surface area contributed by atoms with Crippen LogP contribution < -0.4 is 0 Å². The van der Waals surface area contributed by atoms with Crippen molar-refractivity contribution in [2.45, 2.75) is 25.7 Å². The molecule has 80 valence electrons. The molecule has 0 atom stereocenters. The Hall–Kier alpha value is -1.32. The maximum atomic E-state index is 10.9. The molecule has 0 spiro atoms. The highest BCUT2D eigenvalue weighted by Crippen LogP contribution is 2.08. The van der Waals surface area contributed by atoms with Crippen LogP contribution in [0.3, 0.4) is 0 Å². The molecular weight excluding hydrogens is 184 g/mol. The Morgan fingerprint density at radius 2 is 1.64 bits per heavy atom. The van der Waals surface area contributed by atoms with Crippen LogP contribution >= 0.6 is 0 Å². The lowest BCUT2D eigenvalue weighted by atomic mass is 10.1. The van der Waals surface area contributed by atoms with E-state index in [1.807, 2.05) is 0 Å². The minimum atomic E-state index is -0.386. The maximum Gasteiger partial charge on any atom is 0.333 e. The fraction of sp³-hybridized carbons (Fsp3) is 0.600. The number of hydrogen-bond donors (Lipinski definition) is 0. The van der Waals surface area contributed by atoms with Crippen LogP contribution in [0.5, 0.6) is 0 Å². The molecule has 0 rings (SSSR count). The van der Waals surface area contributed by atoms with Gasteiger partial charge in [0, 0.05) is 12.0 Å². The predicted molar refractivity (Wildman–Crippen MR) is 51.6 cm³/mol.